The number of nitrogens with zero attached hydrogens (tertiary/aromatic N) is 1. The highest BCUT2D eigenvalue weighted by molar-refractivity contribution is 9.11. The Labute approximate surface area is 136 Å². The van der Waals surface area contributed by atoms with Crippen LogP contribution in [0.1, 0.15) is 16.0 Å². The molecule has 0 bridgehead atoms. The molecule has 0 fully saturated rings. The number of rotatable bonds is 3. The molecular formula is C13H9Br3ClN. The van der Waals surface area contributed by atoms with Crippen molar-refractivity contribution < 1.29 is 0 Å². The summed E-state index contributed by atoms with van der Waals surface area (Å²) in [7, 11) is 0. The van der Waals surface area contributed by atoms with Crippen molar-refractivity contribution in [3.05, 3.63) is 61.8 Å². The van der Waals surface area contributed by atoms with Gasteiger partial charge >= 0.3 is 0 Å². The number of halogens is 4. The van der Waals surface area contributed by atoms with Crippen LogP contribution in [0, 0.1) is 0 Å². The van der Waals surface area contributed by atoms with E-state index in [1.165, 1.54) is 5.56 Å². The SMILES string of the molecule is Clc1cnccc1CC(Br)c1ccc(Br)cc1Br. The van der Waals surface area contributed by atoms with Crippen LogP contribution in [0.3, 0.4) is 0 Å². The fraction of sp³-hybridized carbons (Fsp3) is 0.154. The summed E-state index contributed by atoms with van der Waals surface area (Å²) in [6.45, 7) is 0. The van der Waals surface area contributed by atoms with E-state index in [-0.39, 0.29) is 4.83 Å². The highest BCUT2D eigenvalue weighted by Crippen LogP contribution is 2.35. The summed E-state index contributed by atoms with van der Waals surface area (Å²) >= 11 is 16.8. The van der Waals surface area contributed by atoms with Gasteiger partial charge in [0, 0.05) is 26.2 Å². The molecule has 1 aromatic heterocycles. The molecule has 5 heteroatoms. The summed E-state index contributed by atoms with van der Waals surface area (Å²) in [6, 6.07) is 8.10. The van der Waals surface area contributed by atoms with Crippen molar-refractivity contribution in [2.75, 3.05) is 0 Å². The van der Waals surface area contributed by atoms with Gasteiger partial charge in [-0.3, -0.25) is 4.98 Å². The first-order valence-electron chi connectivity index (χ1n) is 5.25. The molecular weight excluding hydrogens is 445 g/mol. The van der Waals surface area contributed by atoms with E-state index in [4.69, 9.17) is 11.6 Å². The molecule has 0 aliphatic rings. The highest BCUT2D eigenvalue weighted by atomic mass is 79.9. The van der Waals surface area contributed by atoms with E-state index in [9.17, 15) is 0 Å². The molecule has 0 radical (unpaired) electrons. The van der Waals surface area contributed by atoms with Gasteiger partial charge in [0.2, 0.25) is 0 Å². The van der Waals surface area contributed by atoms with Crippen LogP contribution in [0.4, 0.5) is 0 Å². The van der Waals surface area contributed by atoms with Gasteiger partial charge in [-0.15, -0.1) is 0 Å². The van der Waals surface area contributed by atoms with Crippen LogP contribution in [0.15, 0.2) is 45.6 Å². The molecule has 2 aromatic rings. The number of benzene rings is 1. The smallest absolute Gasteiger partial charge is 0.0621 e. The first kappa shape index (κ1) is 14.5. The van der Waals surface area contributed by atoms with E-state index in [1.54, 1.807) is 12.4 Å². The Morgan fingerprint density at radius 3 is 2.67 bits per heavy atom. The van der Waals surface area contributed by atoms with Crippen LogP contribution in [0.25, 0.3) is 0 Å². The zero-order chi connectivity index (χ0) is 13.1. The van der Waals surface area contributed by atoms with Crippen molar-refractivity contribution in [1.82, 2.24) is 4.98 Å². The van der Waals surface area contributed by atoms with Crippen LogP contribution in [-0.4, -0.2) is 4.98 Å². The largest absolute Gasteiger partial charge is 0.263 e. The second kappa shape index (κ2) is 6.51. The molecule has 0 amide bonds. The molecule has 0 aliphatic carbocycles. The minimum atomic E-state index is 0.208. The molecule has 1 aromatic carbocycles. The maximum absolute atomic E-state index is 6.12. The highest BCUT2D eigenvalue weighted by Gasteiger charge is 2.13. The number of hydrogen-bond acceptors (Lipinski definition) is 1. The summed E-state index contributed by atoms with van der Waals surface area (Å²) in [5.74, 6) is 0. The fourth-order valence-corrected chi connectivity index (χ4v) is 4.20. The fourth-order valence-electron chi connectivity index (χ4n) is 1.63. The van der Waals surface area contributed by atoms with Gasteiger partial charge in [0.25, 0.3) is 0 Å². The van der Waals surface area contributed by atoms with Crippen molar-refractivity contribution in [3.8, 4) is 0 Å². The van der Waals surface area contributed by atoms with Gasteiger partial charge in [-0.05, 0) is 35.7 Å². The first-order chi connectivity index (χ1) is 8.58. The van der Waals surface area contributed by atoms with Gasteiger partial charge in [0.05, 0.1) is 5.02 Å². The summed E-state index contributed by atoms with van der Waals surface area (Å²) in [5, 5.41) is 0.704. The topological polar surface area (TPSA) is 12.9 Å². The van der Waals surface area contributed by atoms with Gasteiger partial charge in [-0.25, -0.2) is 0 Å². The lowest BCUT2D eigenvalue weighted by Gasteiger charge is -2.13. The van der Waals surface area contributed by atoms with E-state index in [2.05, 4.69) is 58.8 Å². The van der Waals surface area contributed by atoms with E-state index in [0.29, 0.717) is 5.02 Å². The Morgan fingerprint density at radius 1 is 1.22 bits per heavy atom. The van der Waals surface area contributed by atoms with Crippen LogP contribution < -0.4 is 0 Å². The Kier molecular flexibility index (Phi) is 5.24. The van der Waals surface area contributed by atoms with Gasteiger partial charge in [0.15, 0.2) is 0 Å². The molecule has 18 heavy (non-hydrogen) atoms. The first-order valence-corrected chi connectivity index (χ1v) is 8.13. The minimum absolute atomic E-state index is 0.208. The second-order valence-corrected chi connectivity index (χ2v) is 7.09. The quantitative estimate of drug-likeness (QED) is 0.524. The average Bonchev–Trinajstić information content (AvgIpc) is 2.32. The Morgan fingerprint density at radius 2 is 2.00 bits per heavy atom. The Bertz CT molecular complexity index is 560. The zero-order valence-corrected chi connectivity index (χ0v) is 14.7. The van der Waals surface area contributed by atoms with Crippen LogP contribution in [-0.2, 0) is 6.42 Å². The average molecular weight is 454 g/mol. The number of pyridine rings is 1. The third-order valence-electron chi connectivity index (χ3n) is 2.56. The van der Waals surface area contributed by atoms with Gasteiger partial charge in [0.1, 0.15) is 0 Å². The number of hydrogen-bond donors (Lipinski definition) is 0. The van der Waals surface area contributed by atoms with E-state index in [1.807, 2.05) is 18.2 Å². The predicted molar refractivity (Wildman–Crippen MR) is 86.5 cm³/mol. The zero-order valence-electron chi connectivity index (χ0n) is 9.21. The normalized spacial score (nSPS) is 12.4. The van der Waals surface area contributed by atoms with Gasteiger partial charge < -0.3 is 0 Å². The van der Waals surface area contributed by atoms with Crippen molar-refractivity contribution in [3.63, 3.8) is 0 Å². The predicted octanol–water partition coefficient (Wildman–Crippen LogP) is 5.94. The van der Waals surface area contributed by atoms with Crippen LogP contribution >= 0.6 is 59.4 Å². The van der Waals surface area contributed by atoms with Crippen molar-refractivity contribution >= 4 is 59.4 Å². The third-order valence-corrected chi connectivity index (χ3v) is 4.89. The third kappa shape index (κ3) is 3.56. The molecule has 0 saturated carbocycles. The maximum atomic E-state index is 6.12. The van der Waals surface area contributed by atoms with Crippen molar-refractivity contribution in [1.29, 1.82) is 0 Å². The lowest BCUT2D eigenvalue weighted by atomic mass is 10.1. The minimum Gasteiger partial charge on any atom is -0.263 e. The van der Waals surface area contributed by atoms with Gasteiger partial charge in [-0.1, -0.05) is 65.5 Å². The monoisotopic (exact) mass is 451 g/mol. The number of alkyl halides is 1. The summed E-state index contributed by atoms with van der Waals surface area (Å²) < 4.78 is 2.13. The lowest BCUT2D eigenvalue weighted by Crippen LogP contribution is -1.97. The molecule has 1 unspecified atom stereocenters. The molecule has 0 N–H and O–H groups in total. The lowest BCUT2D eigenvalue weighted by molar-refractivity contribution is 0.939. The van der Waals surface area contributed by atoms with E-state index < -0.39 is 0 Å². The molecule has 0 saturated heterocycles. The number of aromatic nitrogens is 1. The van der Waals surface area contributed by atoms with Crippen LogP contribution in [0.2, 0.25) is 5.02 Å². The van der Waals surface area contributed by atoms with Crippen molar-refractivity contribution in [2.24, 2.45) is 0 Å². The molecule has 0 aliphatic heterocycles. The second-order valence-electron chi connectivity index (χ2n) is 3.80. The summed E-state index contributed by atoms with van der Waals surface area (Å²) in [5.41, 5.74) is 2.29. The van der Waals surface area contributed by atoms with E-state index in [0.717, 1.165) is 20.9 Å². The Balaban J connectivity index is 2.22. The standard InChI is InChI=1S/C13H9Br3ClN/c14-9-1-2-10(12(16)6-9)11(15)5-8-3-4-18-7-13(8)17/h1-4,6-7,11H,5H2. The molecule has 1 nitrogen and oxygen atoms in total. The molecule has 0 spiro atoms. The molecule has 94 valence electrons. The molecule has 2 rings (SSSR count). The van der Waals surface area contributed by atoms with Crippen LogP contribution in [0.5, 0.6) is 0 Å². The van der Waals surface area contributed by atoms with E-state index >= 15 is 0 Å². The maximum Gasteiger partial charge on any atom is 0.0621 e. The van der Waals surface area contributed by atoms with Gasteiger partial charge in [-0.2, -0.15) is 0 Å². The summed E-state index contributed by atoms with van der Waals surface area (Å²) in [4.78, 5) is 4.20. The summed E-state index contributed by atoms with van der Waals surface area (Å²) in [6.07, 6.45) is 4.26. The molecule has 1 heterocycles. The van der Waals surface area contributed by atoms with Crippen molar-refractivity contribution in [2.45, 2.75) is 11.2 Å². The molecule has 1 atom stereocenters. The Hall–Kier alpha value is 0.1000.